The Labute approximate surface area is 147 Å². The van der Waals surface area contributed by atoms with Gasteiger partial charge in [-0.2, -0.15) is 0 Å². The van der Waals surface area contributed by atoms with Crippen molar-refractivity contribution in [1.29, 1.82) is 0 Å². The number of aromatic nitrogens is 1. The van der Waals surface area contributed by atoms with Crippen LogP contribution in [0.2, 0.25) is 0 Å². The standard InChI is InChI=1S/C20H24N2O3/c1-3-14-9-5-6-10-15(14)21-20(24)19-16-11-7-8-12-22(16)18(23)13-17(19)25-4-2/h5-6,9-10,13H,3-4,7-8,11-12H2,1-2H3,(H,21,24). The van der Waals surface area contributed by atoms with Crippen LogP contribution in [0.4, 0.5) is 5.69 Å². The Morgan fingerprint density at radius 3 is 2.80 bits per heavy atom. The van der Waals surface area contributed by atoms with E-state index < -0.39 is 0 Å². The number of fused-ring (bicyclic) bond motifs is 1. The third-order valence-electron chi connectivity index (χ3n) is 4.60. The molecule has 132 valence electrons. The molecule has 1 aliphatic rings. The number of rotatable bonds is 5. The molecule has 1 aromatic carbocycles. The second-order valence-corrected chi connectivity index (χ2v) is 6.18. The van der Waals surface area contributed by atoms with Gasteiger partial charge in [0.2, 0.25) is 0 Å². The average molecular weight is 340 g/mol. The molecule has 1 N–H and O–H groups in total. The highest BCUT2D eigenvalue weighted by Gasteiger charge is 2.24. The van der Waals surface area contributed by atoms with E-state index in [4.69, 9.17) is 4.74 Å². The van der Waals surface area contributed by atoms with E-state index in [1.165, 1.54) is 6.07 Å². The maximum absolute atomic E-state index is 13.1. The highest BCUT2D eigenvalue weighted by atomic mass is 16.5. The third-order valence-corrected chi connectivity index (χ3v) is 4.60. The molecule has 2 aromatic rings. The first kappa shape index (κ1) is 17.3. The van der Waals surface area contributed by atoms with Gasteiger partial charge in [-0.25, -0.2) is 0 Å². The van der Waals surface area contributed by atoms with E-state index in [1.807, 2.05) is 31.2 Å². The lowest BCUT2D eigenvalue weighted by molar-refractivity contribution is 0.102. The van der Waals surface area contributed by atoms with Crippen LogP contribution in [-0.4, -0.2) is 17.1 Å². The average Bonchev–Trinajstić information content (AvgIpc) is 2.62. The van der Waals surface area contributed by atoms with Crippen molar-refractivity contribution in [1.82, 2.24) is 4.57 Å². The fourth-order valence-corrected chi connectivity index (χ4v) is 3.39. The second-order valence-electron chi connectivity index (χ2n) is 6.18. The number of hydrogen-bond acceptors (Lipinski definition) is 3. The first-order valence-electron chi connectivity index (χ1n) is 8.94. The molecule has 5 heteroatoms. The Bertz CT molecular complexity index is 839. The number of benzene rings is 1. The van der Waals surface area contributed by atoms with Crippen LogP contribution in [0.25, 0.3) is 0 Å². The lowest BCUT2D eigenvalue weighted by Crippen LogP contribution is -2.31. The van der Waals surface area contributed by atoms with Crippen molar-refractivity contribution in [2.75, 3.05) is 11.9 Å². The number of carbonyl (C=O) groups excluding carboxylic acids is 1. The third kappa shape index (κ3) is 3.45. The summed E-state index contributed by atoms with van der Waals surface area (Å²) >= 11 is 0. The molecule has 1 amide bonds. The molecule has 2 heterocycles. The summed E-state index contributed by atoms with van der Waals surface area (Å²) in [5, 5.41) is 3.01. The minimum atomic E-state index is -0.213. The Morgan fingerprint density at radius 2 is 2.04 bits per heavy atom. The van der Waals surface area contributed by atoms with Crippen LogP contribution in [0.3, 0.4) is 0 Å². The first-order valence-corrected chi connectivity index (χ1v) is 8.94. The molecule has 0 unspecified atom stereocenters. The molecular formula is C20H24N2O3. The fourth-order valence-electron chi connectivity index (χ4n) is 3.39. The SMILES string of the molecule is CCOc1cc(=O)n2c(c1C(=O)Nc1ccccc1CC)CCCC2. The normalized spacial score (nSPS) is 13.2. The zero-order chi connectivity index (χ0) is 17.8. The smallest absolute Gasteiger partial charge is 0.261 e. The molecule has 0 saturated carbocycles. The number of aryl methyl sites for hydroxylation is 1. The summed E-state index contributed by atoms with van der Waals surface area (Å²) in [7, 11) is 0. The van der Waals surface area contributed by atoms with Gasteiger partial charge in [0.15, 0.2) is 0 Å². The molecule has 0 saturated heterocycles. The Hall–Kier alpha value is -2.56. The van der Waals surface area contributed by atoms with Crippen molar-refractivity contribution < 1.29 is 9.53 Å². The summed E-state index contributed by atoms with van der Waals surface area (Å²) < 4.78 is 7.34. The van der Waals surface area contributed by atoms with Crippen LogP contribution in [0.1, 0.15) is 48.3 Å². The highest BCUT2D eigenvalue weighted by molar-refractivity contribution is 6.07. The Balaban J connectivity index is 2.05. The molecule has 0 atom stereocenters. The largest absolute Gasteiger partial charge is 0.493 e. The summed E-state index contributed by atoms with van der Waals surface area (Å²) in [6.07, 6.45) is 3.48. The molecule has 0 bridgehead atoms. The van der Waals surface area contributed by atoms with Crippen LogP contribution in [0.15, 0.2) is 35.1 Å². The van der Waals surface area contributed by atoms with Crippen molar-refractivity contribution >= 4 is 11.6 Å². The zero-order valence-electron chi connectivity index (χ0n) is 14.8. The molecule has 0 radical (unpaired) electrons. The van der Waals surface area contributed by atoms with Crippen LogP contribution in [0, 0.1) is 0 Å². The summed E-state index contributed by atoms with van der Waals surface area (Å²) in [6, 6.07) is 9.22. The minimum absolute atomic E-state index is 0.0938. The maximum atomic E-state index is 13.1. The molecule has 1 aromatic heterocycles. The second kappa shape index (κ2) is 7.55. The zero-order valence-corrected chi connectivity index (χ0v) is 14.8. The van der Waals surface area contributed by atoms with Crippen molar-refractivity contribution in [3.05, 3.63) is 57.5 Å². The van der Waals surface area contributed by atoms with E-state index >= 15 is 0 Å². The summed E-state index contributed by atoms with van der Waals surface area (Å²) in [5.74, 6) is 0.169. The molecule has 0 spiro atoms. The van der Waals surface area contributed by atoms with Gasteiger partial charge >= 0.3 is 0 Å². The number of nitrogens with one attached hydrogen (secondary N) is 1. The quantitative estimate of drug-likeness (QED) is 0.907. The number of amides is 1. The van der Waals surface area contributed by atoms with Crippen molar-refractivity contribution in [2.24, 2.45) is 0 Å². The van der Waals surface area contributed by atoms with Gasteiger partial charge in [-0.15, -0.1) is 0 Å². The first-order chi connectivity index (χ1) is 12.2. The van der Waals surface area contributed by atoms with E-state index in [9.17, 15) is 9.59 Å². The molecule has 0 aliphatic carbocycles. The number of carbonyl (C=O) groups is 1. The van der Waals surface area contributed by atoms with E-state index in [2.05, 4.69) is 12.2 Å². The molecule has 5 nitrogen and oxygen atoms in total. The number of pyridine rings is 1. The van der Waals surface area contributed by atoms with Crippen LogP contribution < -0.4 is 15.6 Å². The van der Waals surface area contributed by atoms with Crippen LogP contribution in [0.5, 0.6) is 5.75 Å². The predicted molar refractivity (Wildman–Crippen MR) is 98.6 cm³/mol. The maximum Gasteiger partial charge on any atom is 0.261 e. The lowest BCUT2D eigenvalue weighted by atomic mass is 10.0. The van der Waals surface area contributed by atoms with Gasteiger partial charge in [0.05, 0.1) is 6.61 Å². The van der Waals surface area contributed by atoms with Gasteiger partial charge in [-0.1, -0.05) is 25.1 Å². The van der Waals surface area contributed by atoms with Crippen LogP contribution >= 0.6 is 0 Å². The predicted octanol–water partition coefficient (Wildman–Crippen LogP) is 3.40. The monoisotopic (exact) mass is 340 g/mol. The van der Waals surface area contributed by atoms with Gasteiger partial charge in [-0.3, -0.25) is 9.59 Å². The van der Waals surface area contributed by atoms with Crippen molar-refractivity contribution in [3.63, 3.8) is 0 Å². The highest BCUT2D eigenvalue weighted by Crippen LogP contribution is 2.27. The van der Waals surface area contributed by atoms with Crippen LogP contribution in [-0.2, 0) is 19.4 Å². The van der Waals surface area contributed by atoms with E-state index in [1.54, 1.807) is 4.57 Å². The van der Waals surface area contributed by atoms with E-state index in [0.29, 0.717) is 30.9 Å². The van der Waals surface area contributed by atoms with Gasteiger partial charge in [0.25, 0.3) is 11.5 Å². The molecule has 1 aliphatic heterocycles. The molecular weight excluding hydrogens is 316 g/mol. The molecule has 25 heavy (non-hydrogen) atoms. The van der Waals surface area contributed by atoms with E-state index in [-0.39, 0.29) is 11.5 Å². The van der Waals surface area contributed by atoms with Crippen molar-refractivity contribution in [3.8, 4) is 5.75 Å². The Kier molecular flexibility index (Phi) is 5.22. The van der Waals surface area contributed by atoms with Crippen molar-refractivity contribution in [2.45, 2.75) is 46.1 Å². The number of ether oxygens (including phenoxy) is 1. The number of nitrogens with zero attached hydrogens (tertiary/aromatic N) is 1. The number of para-hydroxylation sites is 1. The molecule has 0 fully saturated rings. The van der Waals surface area contributed by atoms with Gasteiger partial charge in [-0.05, 0) is 44.2 Å². The number of anilines is 1. The van der Waals surface area contributed by atoms with E-state index in [0.717, 1.165) is 36.2 Å². The molecule has 3 rings (SSSR count). The number of hydrogen-bond donors (Lipinski definition) is 1. The summed E-state index contributed by atoms with van der Waals surface area (Å²) in [5.41, 5.74) is 3.07. The minimum Gasteiger partial charge on any atom is -0.493 e. The fraction of sp³-hybridized carbons (Fsp3) is 0.400. The van der Waals surface area contributed by atoms with Gasteiger partial charge in [0, 0.05) is 24.0 Å². The van der Waals surface area contributed by atoms with Gasteiger partial charge in [0.1, 0.15) is 11.3 Å². The summed E-state index contributed by atoms with van der Waals surface area (Å²) in [4.78, 5) is 25.4. The van der Waals surface area contributed by atoms with Gasteiger partial charge < -0.3 is 14.6 Å². The lowest BCUT2D eigenvalue weighted by Gasteiger charge is -2.23. The topological polar surface area (TPSA) is 60.3 Å². The Morgan fingerprint density at radius 1 is 1.24 bits per heavy atom. The summed E-state index contributed by atoms with van der Waals surface area (Å²) in [6.45, 7) is 4.98.